The molecular formula is C17H16N2O2S. The number of para-hydroxylation sites is 2. The summed E-state index contributed by atoms with van der Waals surface area (Å²) in [5.41, 5.74) is 2.60. The normalized spacial score (nSPS) is 16.6. The Labute approximate surface area is 133 Å². The van der Waals surface area contributed by atoms with Gasteiger partial charge in [-0.1, -0.05) is 30.3 Å². The van der Waals surface area contributed by atoms with Crippen LogP contribution in [0.2, 0.25) is 0 Å². The number of carbonyl (C=O) groups is 2. The summed E-state index contributed by atoms with van der Waals surface area (Å²) < 4.78 is 0. The molecule has 0 saturated heterocycles. The lowest BCUT2D eigenvalue weighted by atomic mass is 10.2. The molecule has 112 valence electrons. The highest BCUT2D eigenvalue weighted by Crippen LogP contribution is 2.36. The maximum Gasteiger partial charge on any atom is 0.238 e. The molecule has 4 nitrogen and oxygen atoms in total. The van der Waals surface area contributed by atoms with Gasteiger partial charge in [0.2, 0.25) is 11.8 Å². The topological polar surface area (TPSA) is 58.2 Å². The van der Waals surface area contributed by atoms with E-state index in [0.717, 1.165) is 21.8 Å². The first-order valence-electron chi connectivity index (χ1n) is 7.05. The Kier molecular flexibility index (Phi) is 4.15. The van der Waals surface area contributed by atoms with Crippen molar-refractivity contribution in [1.82, 2.24) is 0 Å². The molecule has 1 aliphatic heterocycles. The average Bonchev–Trinajstić information content (AvgIpc) is 2.50. The van der Waals surface area contributed by atoms with Crippen molar-refractivity contribution in [2.45, 2.75) is 23.5 Å². The molecule has 22 heavy (non-hydrogen) atoms. The van der Waals surface area contributed by atoms with Gasteiger partial charge in [0.25, 0.3) is 0 Å². The van der Waals surface area contributed by atoms with Crippen molar-refractivity contribution >= 4 is 35.0 Å². The standard InChI is InChI=1S/C17H16N2O2S/c1-11-6-2-3-7-12(11)18-16(20)10-15-17(21)19-13-8-4-5-9-14(13)22-15/h2-9,15H,10H2,1H3,(H,18,20)(H,19,21)/t15-/m1/s1. The number of benzene rings is 2. The summed E-state index contributed by atoms with van der Waals surface area (Å²) in [5.74, 6) is -0.273. The minimum absolute atomic E-state index is 0.122. The number of aryl methyl sites for hydroxylation is 1. The molecule has 2 N–H and O–H groups in total. The number of anilines is 2. The molecule has 2 amide bonds. The lowest BCUT2D eigenvalue weighted by molar-refractivity contribution is -0.120. The maximum absolute atomic E-state index is 12.2. The van der Waals surface area contributed by atoms with E-state index in [2.05, 4.69) is 10.6 Å². The third-order valence-electron chi connectivity index (χ3n) is 3.50. The highest BCUT2D eigenvalue weighted by Gasteiger charge is 2.28. The molecule has 1 heterocycles. The van der Waals surface area contributed by atoms with Crippen molar-refractivity contribution in [3.05, 3.63) is 54.1 Å². The predicted molar refractivity (Wildman–Crippen MR) is 89.1 cm³/mol. The predicted octanol–water partition coefficient (Wildman–Crippen LogP) is 3.44. The van der Waals surface area contributed by atoms with Crippen LogP contribution in [0.1, 0.15) is 12.0 Å². The fourth-order valence-electron chi connectivity index (χ4n) is 2.31. The summed E-state index contributed by atoms with van der Waals surface area (Å²) in [4.78, 5) is 25.3. The van der Waals surface area contributed by atoms with E-state index in [1.54, 1.807) is 0 Å². The zero-order chi connectivity index (χ0) is 15.5. The second-order valence-electron chi connectivity index (χ2n) is 5.16. The molecule has 1 atom stereocenters. The Morgan fingerprint density at radius 1 is 1.18 bits per heavy atom. The van der Waals surface area contributed by atoms with Crippen molar-refractivity contribution in [2.75, 3.05) is 10.6 Å². The van der Waals surface area contributed by atoms with Crippen molar-refractivity contribution < 1.29 is 9.59 Å². The van der Waals surface area contributed by atoms with Gasteiger partial charge in [-0.2, -0.15) is 0 Å². The quantitative estimate of drug-likeness (QED) is 0.913. The molecule has 0 aliphatic carbocycles. The Morgan fingerprint density at radius 2 is 1.91 bits per heavy atom. The zero-order valence-corrected chi connectivity index (χ0v) is 12.9. The Hall–Kier alpha value is -2.27. The summed E-state index contributed by atoms with van der Waals surface area (Å²) in [6.07, 6.45) is 0.152. The van der Waals surface area contributed by atoms with Gasteiger partial charge in [-0.3, -0.25) is 9.59 Å². The van der Waals surface area contributed by atoms with E-state index in [0.29, 0.717) is 0 Å². The van der Waals surface area contributed by atoms with E-state index in [1.807, 2.05) is 55.5 Å². The summed E-state index contributed by atoms with van der Waals surface area (Å²) in [6.45, 7) is 1.94. The molecule has 0 unspecified atom stereocenters. The van der Waals surface area contributed by atoms with Gasteiger partial charge in [0.05, 0.1) is 10.9 Å². The van der Waals surface area contributed by atoms with E-state index in [4.69, 9.17) is 0 Å². The Bertz CT molecular complexity index is 730. The highest BCUT2D eigenvalue weighted by atomic mass is 32.2. The SMILES string of the molecule is Cc1ccccc1NC(=O)C[C@H]1Sc2ccccc2NC1=O. The molecule has 0 fully saturated rings. The molecule has 0 aromatic heterocycles. The Balaban J connectivity index is 1.67. The van der Waals surface area contributed by atoms with Crippen molar-refractivity contribution in [3.8, 4) is 0 Å². The summed E-state index contributed by atoms with van der Waals surface area (Å²) >= 11 is 1.44. The Morgan fingerprint density at radius 3 is 2.73 bits per heavy atom. The van der Waals surface area contributed by atoms with Crippen LogP contribution in [0.4, 0.5) is 11.4 Å². The lowest BCUT2D eigenvalue weighted by Crippen LogP contribution is -2.32. The molecule has 0 radical (unpaired) electrons. The van der Waals surface area contributed by atoms with Crippen LogP contribution in [0.3, 0.4) is 0 Å². The molecule has 0 saturated carbocycles. The van der Waals surface area contributed by atoms with Gasteiger partial charge in [-0.05, 0) is 30.7 Å². The fourth-order valence-corrected chi connectivity index (χ4v) is 3.42. The van der Waals surface area contributed by atoms with E-state index in [1.165, 1.54) is 11.8 Å². The van der Waals surface area contributed by atoms with Crippen molar-refractivity contribution in [2.24, 2.45) is 0 Å². The molecule has 0 bridgehead atoms. The number of fused-ring (bicyclic) bond motifs is 1. The molecule has 3 rings (SSSR count). The van der Waals surface area contributed by atoms with Crippen LogP contribution in [-0.4, -0.2) is 17.1 Å². The number of hydrogen-bond acceptors (Lipinski definition) is 3. The van der Waals surface area contributed by atoms with Gasteiger partial charge in [0.1, 0.15) is 0 Å². The number of amides is 2. The van der Waals surface area contributed by atoms with Crippen LogP contribution < -0.4 is 10.6 Å². The van der Waals surface area contributed by atoms with Crippen LogP contribution in [0.25, 0.3) is 0 Å². The minimum Gasteiger partial charge on any atom is -0.326 e. The van der Waals surface area contributed by atoms with Gasteiger partial charge in [-0.15, -0.1) is 11.8 Å². The molecule has 5 heteroatoms. The fraction of sp³-hybridized carbons (Fsp3) is 0.176. The number of rotatable bonds is 3. The van der Waals surface area contributed by atoms with Gasteiger partial charge in [-0.25, -0.2) is 0 Å². The van der Waals surface area contributed by atoms with Gasteiger partial charge < -0.3 is 10.6 Å². The van der Waals surface area contributed by atoms with E-state index < -0.39 is 5.25 Å². The van der Waals surface area contributed by atoms with Gasteiger partial charge >= 0.3 is 0 Å². The number of carbonyl (C=O) groups excluding carboxylic acids is 2. The van der Waals surface area contributed by atoms with E-state index in [9.17, 15) is 9.59 Å². The van der Waals surface area contributed by atoms with Crippen LogP contribution in [0.5, 0.6) is 0 Å². The van der Waals surface area contributed by atoms with E-state index in [-0.39, 0.29) is 18.2 Å². The zero-order valence-electron chi connectivity index (χ0n) is 12.1. The molecular weight excluding hydrogens is 296 g/mol. The average molecular weight is 312 g/mol. The molecule has 2 aromatic rings. The van der Waals surface area contributed by atoms with Crippen molar-refractivity contribution in [1.29, 1.82) is 0 Å². The highest BCUT2D eigenvalue weighted by molar-refractivity contribution is 8.01. The third-order valence-corrected chi connectivity index (χ3v) is 4.77. The molecule has 2 aromatic carbocycles. The van der Waals surface area contributed by atoms with Crippen LogP contribution in [-0.2, 0) is 9.59 Å². The summed E-state index contributed by atoms with van der Waals surface area (Å²) in [7, 11) is 0. The summed E-state index contributed by atoms with van der Waals surface area (Å²) in [6, 6.07) is 15.2. The first-order chi connectivity index (χ1) is 10.6. The van der Waals surface area contributed by atoms with Crippen LogP contribution in [0, 0.1) is 6.92 Å². The largest absolute Gasteiger partial charge is 0.326 e. The smallest absolute Gasteiger partial charge is 0.238 e. The van der Waals surface area contributed by atoms with Crippen LogP contribution >= 0.6 is 11.8 Å². The van der Waals surface area contributed by atoms with Gasteiger partial charge in [0, 0.05) is 17.0 Å². The number of hydrogen-bond donors (Lipinski definition) is 2. The number of nitrogens with one attached hydrogen (secondary N) is 2. The first-order valence-corrected chi connectivity index (χ1v) is 7.93. The maximum atomic E-state index is 12.2. The first kappa shape index (κ1) is 14.7. The monoisotopic (exact) mass is 312 g/mol. The van der Waals surface area contributed by atoms with Crippen LogP contribution in [0.15, 0.2) is 53.4 Å². The lowest BCUT2D eigenvalue weighted by Gasteiger charge is -2.23. The minimum atomic E-state index is -0.404. The summed E-state index contributed by atoms with van der Waals surface area (Å²) in [5, 5.41) is 5.32. The second kappa shape index (κ2) is 6.23. The third kappa shape index (κ3) is 3.14. The molecule has 0 spiro atoms. The van der Waals surface area contributed by atoms with E-state index >= 15 is 0 Å². The van der Waals surface area contributed by atoms with Crippen molar-refractivity contribution in [3.63, 3.8) is 0 Å². The molecule has 1 aliphatic rings. The van der Waals surface area contributed by atoms with Gasteiger partial charge in [0.15, 0.2) is 0 Å². The number of thioether (sulfide) groups is 1. The second-order valence-corrected chi connectivity index (χ2v) is 6.40.